The summed E-state index contributed by atoms with van der Waals surface area (Å²) in [5.41, 5.74) is 4.15. The minimum absolute atomic E-state index is 0.0830. The fourth-order valence-corrected chi connectivity index (χ4v) is 6.51. The maximum absolute atomic E-state index is 13.1. The molecule has 1 aliphatic rings. The van der Waals surface area contributed by atoms with Crippen LogP contribution in [0.15, 0.2) is 115 Å². The van der Waals surface area contributed by atoms with Gasteiger partial charge in [-0.15, -0.1) is 0 Å². The average Bonchev–Trinajstić information content (AvgIpc) is 3.12. The van der Waals surface area contributed by atoms with E-state index < -0.39 is 11.5 Å². The van der Waals surface area contributed by atoms with E-state index in [0.29, 0.717) is 18.2 Å². The molecule has 0 bridgehead atoms. The van der Waals surface area contributed by atoms with E-state index in [1.165, 1.54) is 18.4 Å². The minimum Gasteiger partial charge on any atom is -0.497 e. The zero-order chi connectivity index (χ0) is 32.0. The van der Waals surface area contributed by atoms with Crippen LogP contribution in [0, 0.1) is 0 Å². The van der Waals surface area contributed by atoms with E-state index >= 15 is 0 Å². The molecule has 240 valence electrons. The molecule has 1 aliphatic heterocycles. The molecule has 5 rings (SSSR count). The number of hydrogen-bond acceptors (Lipinski definition) is 5. The van der Waals surface area contributed by atoms with E-state index in [2.05, 4.69) is 94.4 Å². The molecule has 0 saturated carbocycles. The van der Waals surface area contributed by atoms with Crippen LogP contribution in [0.1, 0.15) is 53.9 Å². The molecule has 46 heavy (non-hydrogen) atoms. The maximum atomic E-state index is 13.1. The van der Waals surface area contributed by atoms with Crippen molar-refractivity contribution in [2.45, 2.75) is 43.6 Å². The molecule has 2 amide bonds. The van der Waals surface area contributed by atoms with E-state index in [0.717, 1.165) is 49.2 Å². The normalized spacial score (nSPS) is 13.9. The molecule has 4 aromatic carbocycles. The molecule has 1 fully saturated rings. The zero-order valence-corrected chi connectivity index (χ0v) is 26.7. The molecule has 0 aromatic heterocycles. The summed E-state index contributed by atoms with van der Waals surface area (Å²) >= 11 is 0. The van der Waals surface area contributed by atoms with Gasteiger partial charge in [0, 0.05) is 12.0 Å². The number of alkyl carbamates (subject to hydrolysis) is 1. The van der Waals surface area contributed by atoms with Crippen molar-refractivity contribution in [1.82, 2.24) is 15.5 Å². The first kappa shape index (κ1) is 32.8. The fraction of sp³-hybridized carbons (Fsp3) is 0.333. The fourth-order valence-electron chi connectivity index (χ4n) is 6.51. The maximum Gasteiger partial charge on any atom is 0.407 e. The number of ether oxygens (including phenoxy) is 2. The van der Waals surface area contributed by atoms with Gasteiger partial charge in [0.05, 0.1) is 13.7 Å². The smallest absolute Gasteiger partial charge is 0.407 e. The Labute approximate surface area is 272 Å². The monoisotopic (exact) mass is 619 g/mol. The molecule has 7 heteroatoms. The topological polar surface area (TPSA) is 79.9 Å². The Morgan fingerprint density at radius 2 is 1.43 bits per heavy atom. The van der Waals surface area contributed by atoms with Crippen LogP contribution in [0.4, 0.5) is 4.79 Å². The van der Waals surface area contributed by atoms with Gasteiger partial charge >= 0.3 is 6.09 Å². The van der Waals surface area contributed by atoms with Crippen LogP contribution in [0.2, 0.25) is 0 Å². The quantitative estimate of drug-likeness (QED) is 0.165. The molecule has 2 N–H and O–H groups in total. The molecule has 1 heterocycles. The molecule has 0 atom stereocenters. The average molecular weight is 620 g/mol. The highest BCUT2D eigenvalue weighted by atomic mass is 16.5. The number of carbonyl (C=O) groups is 2. The van der Waals surface area contributed by atoms with Crippen molar-refractivity contribution < 1.29 is 19.1 Å². The van der Waals surface area contributed by atoms with E-state index in [-0.39, 0.29) is 19.1 Å². The first-order valence-corrected chi connectivity index (χ1v) is 16.2. The van der Waals surface area contributed by atoms with Crippen molar-refractivity contribution in [2.24, 2.45) is 0 Å². The summed E-state index contributed by atoms with van der Waals surface area (Å²) in [4.78, 5) is 28.0. The molecular formula is C39H45N3O4. The predicted octanol–water partition coefficient (Wildman–Crippen LogP) is 6.68. The Morgan fingerprint density at radius 1 is 0.804 bits per heavy atom. The van der Waals surface area contributed by atoms with Crippen LogP contribution < -0.4 is 15.4 Å². The van der Waals surface area contributed by atoms with Gasteiger partial charge in [0.15, 0.2) is 0 Å². The summed E-state index contributed by atoms with van der Waals surface area (Å²) in [7, 11) is 1.59. The van der Waals surface area contributed by atoms with Crippen LogP contribution in [0.3, 0.4) is 0 Å². The lowest BCUT2D eigenvalue weighted by Gasteiger charge is -2.37. The third-order valence-corrected chi connectivity index (χ3v) is 9.07. The standard InChI is InChI=1S/C39H45N3O4/c1-45-36-20-11-13-31(27-36)29-46-38(44)40-28-37(43)41-30-39(34-16-7-3-8-17-34,35-18-9-4-10-19-35)23-12-24-42-25-21-33(22-26-42)32-14-5-2-6-15-32/h2-11,13-20,27,33H,12,21-26,28-30H2,1H3,(H,40,44)(H,41,43). The van der Waals surface area contributed by atoms with Gasteiger partial charge < -0.3 is 25.0 Å². The van der Waals surface area contributed by atoms with Gasteiger partial charge in [0.1, 0.15) is 12.4 Å². The number of piperidine rings is 1. The van der Waals surface area contributed by atoms with Crippen molar-refractivity contribution in [3.8, 4) is 5.75 Å². The Balaban J connectivity index is 1.19. The summed E-state index contributed by atoms with van der Waals surface area (Å²) in [6.45, 7) is 3.53. The summed E-state index contributed by atoms with van der Waals surface area (Å²) < 4.78 is 10.5. The summed E-state index contributed by atoms with van der Waals surface area (Å²) in [6.07, 6.45) is 3.57. The van der Waals surface area contributed by atoms with Gasteiger partial charge in [0.25, 0.3) is 0 Å². The predicted molar refractivity (Wildman–Crippen MR) is 182 cm³/mol. The van der Waals surface area contributed by atoms with Crippen LogP contribution in [0.25, 0.3) is 0 Å². The van der Waals surface area contributed by atoms with Gasteiger partial charge in [-0.2, -0.15) is 0 Å². The van der Waals surface area contributed by atoms with Crippen molar-refractivity contribution in [2.75, 3.05) is 39.8 Å². The van der Waals surface area contributed by atoms with Gasteiger partial charge in [-0.05, 0) is 85.6 Å². The number of nitrogens with zero attached hydrogens (tertiary/aromatic N) is 1. The zero-order valence-electron chi connectivity index (χ0n) is 26.7. The number of amides is 2. The molecule has 7 nitrogen and oxygen atoms in total. The van der Waals surface area contributed by atoms with Crippen LogP contribution in [-0.4, -0.2) is 56.7 Å². The molecular weight excluding hydrogens is 574 g/mol. The number of nitrogens with one attached hydrogen (secondary N) is 2. The van der Waals surface area contributed by atoms with Crippen molar-refractivity contribution in [3.63, 3.8) is 0 Å². The second kappa shape index (κ2) is 16.6. The second-order valence-corrected chi connectivity index (χ2v) is 12.0. The molecule has 1 saturated heterocycles. The summed E-state index contributed by atoms with van der Waals surface area (Å²) in [5.74, 6) is 1.06. The molecule has 4 aromatic rings. The molecule has 0 radical (unpaired) electrons. The lowest BCUT2D eigenvalue weighted by Crippen LogP contribution is -2.45. The van der Waals surface area contributed by atoms with Gasteiger partial charge in [-0.3, -0.25) is 4.79 Å². The van der Waals surface area contributed by atoms with Gasteiger partial charge in [-0.25, -0.2) is 4.79 Å². The Morgan fingerprint density at radius 3 is 2.07 bits per heavy atom. The van der Waals surface area contributed by atoms with E-state index in [9.17, 15) is 9.59 Å². The highest BCUT2D eigenvalue weighted by Gasteiger charge is 2.34. The van der Waals surface area contributed by atoms with Gasteiger partial charge in [0.2, 0.25) is 5.91 Å². The lowest BCUT2D eigenvalue weighted by molar-refractivity contribution is -0.120. The van der Waals surface area contributed by atoms with Crippen molar-refractivity contribution in [3.05, 3.63) is 138 Å². The summed E-state index contributed by atoms with van der Waals surface area (Å²) in [5, 5.41) is 5.73. The van der Waals surface area contributed by atoms with Crippen molar-refractivity contribution >= 4 is 12.0 Å². The number of hydrogen-bond donors (Lipinski definition) is 2. The van der Waals surface area contributed by atoms with Crippen LogP contribution in [-0.2, 0) is 21.6 Å². The number of benzene rings is 4. The minimum atomic E-state index is -0.647. The molecule has 0 aliphatic carbocycles. The second-order valence-electron chi connectivity index (χ2n) is 12.0. The largest absolute Gasteiger partial charge is 0.497 e. The SMILES string of the molecule is COc1cccc(COC(=O)NCC(=O)NCC(CCCN2CCC(c3ccccc3)CC2)(c2ccccc2)c2ccccc2)c1. The van der Waals surface area contributed by atoms with Gasteiger partial charge in [-0.1, -0.05) is 103 Å². The van der Waals surface area contributed by atoms with Crippen LogP contribution in [0.5, 0.6) is 5.75 Å². The lowest BCUT2D eigenvalue weighted by atomic mass is 9.71. The van der Waals surface area contributed by atoms with E-state index in [1.54, 1.807) is 13.2 Å². The Hall–Kier alpha value is -4.62. The molecule has 0 spiro atoms. The Bertz CT molecular complexity index is 1470. The van der Waals surface area contributed by atoms with Crippen molar-refractivity contribution in [1.29, 1.82) is 0 Å². The van der Waals surface area contributed by atoms with Crippen LogP contribution >= 0.6 is 0 Å². The number of likely N-dealkylation sites (tertiary alicyclic amines) is 1. The third-order valence-electron chi connectivity index (χ3n) is 9.07. The van der Waals surface area contributed by atoms with E-state index in [4.69, 9.17) is 9.47 Å². The highest BCUT2D eigenvalue weighted by molar-refractivity contribution is 5.82. The number of rotatable bonds is 14. The van der Waals surface area contributed by atoms with E-state index in [1.807, 2.05) is 30.3 Å². The first-order valence-electron chi connectivity index (χ1n) is 16.2. The third kappa shape index (κ3) is 8.98. The molecule has 0 unspecified atom stereocenters. The highest BCUT2D eigenvalue weighted by Crippen LogP contribution is 2.37. The number of methoxy groups -OCH3 is 1. The Kier molecular flexibility index (Phi) is 11.8. The number of carbonyl (C=O) groups excluding carboxylic acids is 2. The first-order chi connectivity index (χ1) is 22.6. The summed E-state index contributed by atoms with van der Waals surface area (Å²) in [6, 6.07) is 39.1.